The summed E-state index contributed by atoms with van der Waals surface area (Å²) in [6.45, 7) is 13.5. The van der Waals surface area contributed by atoms with Gasteiger partial charge in [-0.3, -0.25) is 0 Å². The Balaban J connectivity index is -0.0000000329. The van der Waals surface area contributed by atoms with E-state index in [1.807, 2.05) is 71.0 Å². The molecule has 0 saturated carbocycles. The molecule has 0 atom stereocenters. The summed E-state index contributed by atoms with van der Waals surface area (Å²) in [5, 5.41) is 0. The zero-order valence-corrected chi connectivity index (χ0v) is 15.5. The second-order valence-electron chi connectivity index (χ2n) is 1.65. The van der Waals surface area contributed by atoms with Gasteiger partial charge in [-0.05, 0) is 0 Å². The van der Waals surface area contributed by atoms with Crippen molar-refractivity contribution in [3.63, 3.8) is 0 Å². The molecule has 0 fully saturated rings. The molecule has 1 aromatic rings. The van der Waals surface area contributed by atoms with Gasteiger partial charge in [0.05, 0.1) is 0 Å². The molecule has 88 valence electrons. The van der Waals surface area contributed by atoms with Gasteiger partial charge in [-0.25, -0.2) is 0 Å². The molecule has 0 spiro atoms. The first kappa shape index (κ1) is 29.5. The number of hydrogen-bond donors (Lipinski definition) is 0. The Labute approximate surface area is 122 Å². The zero-order chi connectivity index (χ0) is 10.9. The topological polar surface area (TPSA) is 0 Å². The predicted molar refractivity (Wildman–Crippen MR) is 71.2 cm³/mol. The van der Waals surface area contributed by atoms with E-state index in [4.69, 9.17) is 0 Å². The molecule has 0 saturated heterocycles. The van der Waals surface area contributed by atoms with E-state index >= 15 is 0 Å². The second-order valence-corrected chi connectivity index (χ2v) is 1.65. The van der Waals surface area contributed by atoms with E-state index in [0.29, 0.717) is 0 Å². The van der Waals surface area contributed by atoms with Gasteiger partial charge in [0, 0.05) is 0 Å². The van der Waals surface area contributed by atoms with Gasteiger partial charge >= 0.3 is 31.1 Å². The fraction of sp³-hybridized carbons (Fsp3) is 0.429. The van der Waals surface area contributed by atoms with Gasteiger partial charge in [0.15, 0.2) is 0 Å². The minimum Gasteiger partial charge on any atom is -0.358 e. The van der Waals surface area contributed by atoms with Crippen LogP contribution in [-0.2, 0) is 0 Å². The average molecular weight is 434 g/mol. The third-order valence-electron chi connectivity index (χ3n) is 0.667. The summed E-state index contributed by atoms with van der Waals surface area (Å²) in [4.78, 5) is 0. The second kappa shape index (κ2) is 47.5. The summed E-state index contributed by atoms with van der Waals surface area (Å²) in [7, 11) is 0. The van der Waals surface area contributed by atoms with Crippen molar-refractivity contribution in [3.05, 3.63) is 50.7 Å². The Morgan fingerprint density at radius 3 is 0.867 bits per heavy atom. The molecule has 0 aliphatic rings. The molecule has 0 nitrogen and oxygen atoms in total. The van der Waals surface area contributed by atoms with Crippen molar-refractivity contribution >= 4 is 0 Å². The molecule has 0 radical (unpaired) electrons. The monoisotopic (exact) mass is 434 g/mol. The van der Waals surface area contributed by atoms with Crippen molar-refractivity contribution in [3.8, 4) is 0 Å². The summed E-state index contributed by atoms with van der Waals surface area (Å²) in [6.07, 6.45) is 1.00. The van der Waals surface area contributed by atoms with E-state index in [9.17, 15) is 0 Å². The van der Waals surface area contributed by atoms with Crippen LogP contribution in [0.4, 0.5) is 0 Å². The van der Waals surface area contributed by atoms with E-state index in [0.717, 1.165) is 6.42 Å². The molecule has 0 unspecified atom stereocenters. The molecule has 0 heterocycles. The third-order valence-corrected chi connectivity index (χ3v) is 0.667. The maximum atomic E-state index is 3.49. The van der Waals surface area contributed by atoms with Crippen LogP contribution in [-0.4, -0.2) is 0 Å². The van der Waals surface area contributed by atoms with Gasteiger partial charge in [-0.15, -0.1) is 0 Å². The maximum Gasteiger partial charge on any atom is 2.00 e. The van der Waals surface area contributed by atoms with Crippen molar-refractivity contribution < 1.29 is 31.1 Å². The molecule has 15 heavy (non-hydrogen) atoms. The molecule has 1 rings (SSSR count). The molecule has 0 aliphatic heterocycles. The van der Waals surface area contributed by atoms with Crippen LogP contribution >= 0.6 is 0 Å². The number of benzene rings is 1. The van der Waals surface area contributed by atoms with Crippen LogP contribution in [0.3, 0.4) is 0 Å². The number of hydrogen-bond acceptors (Lipinski definition) is 0. The molecular weight excluding hydrogens is 406 g/mol. The molecule has 0 aliphatic carbocycles. The van der Waals surface area contributed by atoms with Gasteiger partial charge in [0.2, 0.25) is 0 Å². The first-order chi connectivity index (χ1) is 6.41. The largest absolute Gasteiger partial charge is 2.00 e. The number of rotatable bonds is 0. The minimum atomic E-state index is 0. The van der Waals surface area contributed by atoms with E-state index in [1.165, 1.54) is 0 Å². The Morgan fingerprint density at radius 1 is 0.733 bits per heavy atom. The Bertz CT molecular complexity index is 88.2. The van der Waals surface area contributed by atoms with Crippen molar-refractivity contribution in [2.75, 3.05) is 0 Å². The molecule has 0 aromatic heterocycles. The fourth-order valence-corrected chi connectivity index (χ4v) is 0.385. The predicted octanol–water partition coefficient (Wildman–Crippen LogP) is 5.42. The summed E-state index contributed by atoms with van der Waals surface area (Å²) >= 11 is 0. The first-order valence-corrected chi connectivity index (χ1v) is 5.21. The van der Waals surface area contributed by atoms with Crippen LogP contribution in [0.15, 0.2) is 36.4 Å². The van der Waals surface area contributed by atoms with Crippen molar-refractivity contribution in [1.29, 1.82) is 0 Å². The third kappa shape index (κ3) is 54.6. The van der Waals surface area contributed by atoms with Crippen molar-refractivity contribution in [2.24, 2.45) is 0 Å². The standard InChI is InChI=1S/C6H6.C3H7.2C2H6.CH3.U/c1-2-4-6-5-3-1;1-3-2;2*1-2;;/h1-6H;1,3H2,2H3;2*1-2H3;1H3;/q;-1;;;-1;+2. The van der Waals surface area contributed by atoms with Crippen LogP contribution in [0, 0.1) is 45.5 Å². The van der Waals surface area contributed by atoms with Crippen molar-refractivity contribution in [2.45, 2.75) is 41.0 Å². The summed E-state index contributed by atoms with van der Waals surface area (Å²) in [6, 6.07) is 12.0. The molecule has 0 amide bonds. The SMILES string of the molecule is CC.CC.[CH2-]CC.[CH3-].[U+2].c1ccccc1. The molecule has 1 heteroatoms. The zero-order valence-electron chi connectivity index (χ0n) is 11.4. The van der Waals surface area contributed by atoms with Crippen LogP contribution in [0.1, 0.15) is 41.0 Å². The van der Waals surface area contributed by atoms with Gasteiger partial charge in [-0.1, -0.05) is 71.0 Å². The van der Waals surface area contributed by atoms with E-state index in [-0.39, 0.29) is 38.5 Å². The van der Waals surface area contributed by atoms with Gasteiger partial charge in [0.1, 0.15) is 0 Å². The molecule has 0 N–H and O–H groups in total. The van der Waals surface area contributed by atoms with Crippen LogP contribution in [0.2, 0.25) is 0 Å². The molecule has 0 bridgehead atoms. The fourth-order valence-electron chi connectivity index (χ4n) is 0.385. The first-order valence-electron chi connectivity index (χ1n) is 5.21. The summed E-state index contributed by atoms with van der Waals surface area (Å²) in [5.41, 5.74) is 0. The quantitative estimate of drug-likeness (QED) is 0.479. The van der Waals surface area contributed by atoms with Gasteiger partial charge < -0.3 is 14.4 Å². The van der Waals surface area contributed by atoms with E-state index in [2.05, 4.69) is 6.92 Å². The Morgan fingerprint density at radius 2 is 0.800 bits per heavy atom. The summed E-state index contributed by atoms with van der Waals surface area (Å²) in [5.74, 6) is 0. The van der Waals surface area contributed by atoms with Crippen LogP contribution in [0.25, 0.3) is 0 Å². The normalized spacial score (nSPS) is 5.20. The molecular formula is C14H28U. The van der Waals surface area contributed by atoms with Crippen LogP contribution in [0.5, 0.6) is 0 Å². The van der Waals surface area contributed by atoms with Crippen LogP contribution < -0.4 is 0 Å². The summed E-state index contributed by atoms with van der Waals surface area (Å²) < 4.78 is 0. The average Bonchev–Trinajstić information content (AvgIpc) is 2.27. The minimum absolute atomic E-state index is 0. The smallest absolute Gasteiger partial charge is 0.358 e. The Kier molecular flexibility index (Phi) is 93.4. The van der Waals surface area contributed by atoms with Gasteiger partial charge in [0.25, 0.3) is 0 Å². The Hall–Kier alpha value is 0.272. The van der Waals surface area contributed by atoms with E-state index < -0.39 is 0 Å². The molecule has 1 aromatic carbocycles. The van der Waals surface area contributed by atoms with Crippen molar-refractivity contribution in [1.82, 2.24) is 0 Å². The van der Waals surface area contributed by atoms with E-state index in [1.54, 1.807) is 0 Å². The van der Waals surface area contributed by atoms with Gasteiger partial charge in [-0.2, -0.15) is 6.42 Å². The maximum absolute atomic E-state index is 3.49.